The van der Waals surface area contributed by atoms with Gasteiger partial charge in [-0.3, -0.25) is 4.79 Å². The number of carboxylic acids is 1. The van der Waals surface area contributed by atoms with Crippen LogP contribution in [0.4, 0.5) is 8.78 Å². The molecule has 1 aromatic carbocycles. The number of hydrogen-bond donors (Lipinski definition) is 1. The van der Waals surface area contributed by atoms with Crippen molar-refractivity contribution in [2.75, 3.05) is 0 Å². The summed E-state index contributed by atoms with van der Waals surface area (Å²) in [7, 11) is 0. The topological polar surface area (TPSA) is 46.5 Å². The van der Waals surface area contributed by atoms with Crippen LogP contribution in [0.25, 0.3) is 0 Å². The molecule has 0 heterocycles. The van der Waals surface area contributed by atoms with Crippen LogP contribution in [0.2, 0.25) is 0 Å². The van der Waals surface area contributed by atoms with Crippen molar-refractivity contribution in [3.8, 4) is 5.75 Å². The molecule has 0 aliphatic heterocycles. The monoisotopic (exact) mass is 228 g/mol. The first kappa shape index (κ1) is 10.9. The van der Waals surface area contributed by atoms with Gasteiger partial charge in [0.15, 0.2) is 0 Å². The third-order valence-corrected chi connectivity index (χ3v) is 2.58. The maximum atomic E-state index is 12.8. The van der Waals surface area contributed by atoms with Crippen molar-refractivity contribution in [3.05, 3.63) is 29.8 Å². The summed E-state index contributed by atoms with van der Waals surface area (Å²) in [6, 6.07) is 2.92. The zero-order valence-corrected chi connectivity index (χ0v) is 8.32. The summed E-state index contributed by atoms with van der Waals surface area (Å²) in [6.45, 7) is 0. The molecule has 2 rings (SSSR count). The molecule has 0 spiro atoms. The van der Waals surface area contributed by atoms with Crippen molar-refractivity contribution in [2.24, 2.45) is 5.92 Å². The highest BCUT2D eigenvalue weighted by Gasteiger charge is 2.36. The predicted molar refractivity (Wildman–Crippen MR) is 51.1 cm³/mol. The largest absolute Gasteiger partial charge is 0.490 e. The minimum atomic E-state index is -0.856. The average molecular weight is 228 g/mol. The molecule has 0 radical (unpaired) electrons. The molecule has 5 heteroatoms. The third-order valence-electron chi connectivity index (χ3n) is 2.58. The molecule has 16 heavy (non-hydrogen) atoms. The summed E-state index contributed by atoms with van der Waals surface area (Å²) in [6.07, 6.45) is 0.503. The van der Waals surface area contributed by atoms with Crippen molar-refractivity contribution < 1.29 is 23.4 Å². The van der Waals surface area contributed by atoms with Gasteiger partial charge in [0.05, 0.1) is 5.92 Å². The van der Waals surface area contributed by atoms with Crippen LogP contribution in [0.1, 0.15) is 12.8 Å². The number of hydrogen-bond acceptors (Lipinski definition) is 2. The lowest BCUT2D eigenvalue weighted by Crippen LogP contribution is -2.38. The molecule has 3 nitrogen and oxygen atoms in total. The lowest BCUT2D eigenvalue weighted by Gasteiger charge is -2.32. The maximum Gasteiger partial charge on any atom is 0.306 e. The van der Waals surface area contributed by atoms with Crippen LogP contribution < -0.4 is 4.74 Å². The van der Waals surface area contributed by atoms with Crippen LogP contribution >= 0.6 is 0 Å². The van der Waals surface area contributed by atoms with Gasteiger partial charge < -0.3 is 9.84 Å². The Morgan fingerprint density at radius 1 is 1.25 bits per heavy atom. The second-order valence-electron chi connectivity index (χ2n) is 3.85. The Kier molecular flexibility index (Phi) is 2.77. The van der Waals surface area contributed by atoms with Crippen molar-refractivity contribution in [1.82, 2.24) is 0 Å². The van der Waals surface area contributed by atoms with Gasteiger partial charge in [0.1, 0.15) is 23.5 Å². The molecule has 0 bridgehead atoms. The Morgan fingerprint density at radius 2 is 1.81 bits per heavy atom. The van der Waals surface area contributed by atoms with E-state index in [1.54, 1.807) is 0 Å². The van der Waals surface area contributed by atoms with Crippen molar-refractivity contribution in [1.29, 1.82) is 0 Å². The van der Waals surface area contributed by atoms with E-state index in [4.69, 9.17) is 9.84 Å². The number of benzene rings is 1. The molecule has 1 aromatic rings. The van der Waals surface area contributed by atoms with E-state index in [1.807, 2.05) is 0 Å². The van der Waals surface area contributed by atoms with Gasteiger partial charge in [-0.05, 0) is 12.8 Å². The minimum absolute atomic E-state index is 0.103. The van der Waals surface area contributed by atoms with E-state index in [0.29, 0.717) is 12.8 Å². The first-order chi connectivity index (χ1) is 7.54. The van der Waals surface area contributed by atoms with Gasteiger partial charge in [0.2, 0.25) is 0 Å². The molecule has 0 saturated heterocycles. The van der Waals surface area contributed by atoms with E-state index in [0.717, 1.165) is 18.2 Å². The highest BCUT2D eigenvalue weighted by atomic mass is 19.1. The SMILES string of the molecule is O=C(O)C1CC(Oc2cc(F)cc(F)c2)C1. The predicted octanol–water partition coefficient (Wildman–Crippen LogP) is 2.21. The highest BCUT2D eigenvalue weighted by molar-refractivity contribution is 5.71. The Morgan fingerprint density at radius 3 is 2.31 bits per heavy atom. The van der Waals surface area contributed by atoms with Gasteiger partial charge in [-0.2, -0.15) is 0 Å². The van der Waals surface area contributed by atoms with E-state index >= 15 is 0 Å². The molecular formula is C11H10F2O3. The summed E-state index contributed by atoms with van der Waals surface area (Å²) in [4.78, 5) is 10.5. The van der Waals surface area contributed by atoms with Gasteiger partial charge in [0.25, 0.3) is 0 Å². The zero-order valence-electron chi connectivity index (χ0n) is 8.32. The Bertz CT molecular complexity index is 393. The van der Waals surface area contributed by atoms with E-state index in [-0.39, 0.29) is 11.9 Å². The first-order valence-electron chi connectivity index (χ1n) is 4.90. The second kappa shape index (κ2) is 4.08. The molecule has 0 amide bonds. The summed E-state index contributed by atoms with van der Waals surface area (Å²) in [5.41, 5.74) is 0. The normalized spacial score (nSPS) is 23.6. The average Bonchev–Trinajstić information content (AvgIpc) is 2.08. The smallest absolute Gasteiger partial charge is 0.306 e. The van der Waals surface area contributed by atoms with Gasteiger partial charge >= 0.3 is 5.97 Å². The fourth-order valence-electron chi connectivity index (χ4n) is 1.65. The third kappa shape index (κ3) is 2.29. The highest BCUT2D eigenvalue weighted by Crippen LogP contribution is 2.31. The van der Waals surface area contributed by atoms with Gasteiger partial charge in [-0.15, -0.1) is 0 Å². The molecule has 1 aliphatic carbocycles. The first-order valence-corrected chi connectivity index (χ1v) is 4.90. The summed E-state index contributed by atoms with van der Waals surface area (Å²) in [5, 5.41) is 8.63. The van der Waals surface area contributed by atoms with Crippen LogP contribution in [0.3, 0.4) is 0 Å². The maximum absolute atomic E-state index is 12.8. The zero-order chi connectivity index (χ0) is 11.7. The summed E-state index contributed by atoms with van der Waals surface area (Å²) >= 11 is 0. The number of ether oxygens (including phenoxy) is 1. The standard InChI is InChI=1S/C11H10F2O3/c12-7-3-8(13)5-10(4-7)16-9-1-6(2-9)11(14)15/h3-6,9H,1-2H2,(H,14,15). The van der Waals surface area contributed by atoms with Crippen LogP contribution in [-0.2, 0) is 4.79 Å². The lowest BCUT2D eigenvalue weighted by molar-refractivity contribution is -0.147. The van der Waals surface area contributed by atoms with Crippen molar-refractivity contribution in [3.63, 3.8) is 0 Å². The fraction of sp³-hybridized carbons (Fsp3) is 0.364. The number of aliphatic carboxylic acids is 1. The van der Waals surface area contributed by atoms with E-state index in [1.165, 1.54) is 0 Å². The molecule has 1 aliphatic rings. The van der Waals surface area contributed by atoms with E-state index in [2.05, 4.69) is 0 Å². The summed E-state index contributed by atoms with van der Waals surface area (Å²) < 4.78 is 30.8. The molecule has 1 fully saturated rings. The number of carboxylic acid groups (broad SMARTS) is 1. The molecule has 0 aromatic heterocycles. The van der Waals surface area contributed by atoms with Gasteiger partial charge in [-0.1, -0.05) is 0 Å². The van der Waals surface area contributed by atoms with Crippen LogP contribution in [0, 0.1) is 17.6 Å². The molecule has 0 atom stereocenters. The van der Waals surface area contributed by atoms with Crippen LogP contribution in [-0.4, -0.2) is 17.2 Å². The fourth-order valence-corrected chi connectivity index (χ4v) is 1.65. The number of rotatable bonds is 3. The lowest BCUT2D eigenvalue weighted by atomic mass is 9.82. The second-order valence-corrected chi connectivity index (χ2v) is 3.85. The number of carbonyl (C=O) groups is 1. The summed E-state index contributed by atoms with van der Waals surface area (Å²) in [5.74, 6) is -2.56. The minimum Gasteiger partial charge on any atom is -0.490 e. The Hall–Kier alpha value is -1.65. The van der Waals surface area contributed by atoms with Crippen LogP contribution in [0.15, 0.2) is 18.2 Å². The van der Waals surface area contributed by atoms with Gasteiger partial charge in [0, 0.05) is 18.2 Å². The Balaban J connectivity index is 1.94. The molecule has 1 saturated carbocycles. The molecule has 86 valence electrons. The molecular weight excluding hydrogens is 218 g/mol. The number of halogens is 2. The molecule has 0 unspecified atom stereocenters. The Labute approximate surface area is 90.7 Å². The van der Waals surface area contributed by atoms with E-state index < -0.39 is 23.5 Å². The van der Waals surface area contributed by atoms with Gasteiger partial charge in [-0.25, -0.2) is 8.78 Å². The van der Waals surface area contributed by atoms with Crippen molar-refractivity contribution in [2.45, 2.75) is 18.9 Å². The van der Waals surface area contributed by atoms with Crippen LogP contribution in [0.5, 0.6) is 5.75 Å². The van der Waals surface area contributed by atoms with Crippen molar-refractivity contribution >= 4 is 5.97 Å². The molecule has 1 N–H and O–H groups in total. The quantitative estimate of drug-likeness (QED) is 0.862. The van der Waals surface area contributed by atoms with E-state index in [9.17, 15) is 13.6 Å².